The molecule has 1 aromatic heterocycles. The van der Waals surface area contributed by atoms with E-state index in [1.165, 1.54) is 0 Å². The van der Waals surface area contributed by atoms with Gasteiger partial charge in [0.15, 0.2) is 15.4 Å². The summed E-state index contributed by atoms with van der Waals surface area (Å²) in [5, 5.41) is -0.335. The lowest BCUT2D eigenvalue weighted by atomic mass is 9.97. The Morgan fingerprint density at radius 3 is 2.57 bits per heavy atom. The fourth-order valence-electron chi connectivity index (χ4n) is 2.95. The molecule has 0 amide bonds. The van der Waals surface area contributed by atoms with E-state index in [4.69, 9.17) is 21.8 Å². The van der Waals surface area contributed by atoms with Crippen LogP contribution in [0.25, 0.3) is 11.1 Å². The van der Waals surface area contributed by atoms with Crippen molar-refractivity contribution in [1.29, 1.82) is 0 Å². The largest absolute Gasteiger partial charge is 0.439 e. The quantitative estimate of drug-likeness (QED) is 0.890. The van der Waals surface area contributed by atoms with Gasteiger partial charge in [0.05, 0.1) is 10.3 Å². The minimum atomic E-state index is -3.61. The summed E-state index contributed by atoms with van der Waals surface area (Å²) in [7, 11) is -3.61. The van der Waals surface area contributed by atoms with Gasteiger partial charge in [0, 0.05) is 11.5 Å². The number of oxazole rings is 1. The predicted molar refractivity (Wildman–Crippen MR) is 90.5 cm³/mol. The fraction of sp³-hybridized carbons (Fsp3) is 0.562. The van der Waals surface area contributed by atoms with Crippen molar-refractivity contribution in [1.82, 2.24) is 4.98 Å². The maximum Gasteiger partial charge on any atom is 0.200 e. The van der Waals surface area contributed by atoms with E-state index >= 15 is 0 Å². The molecule has 23 heavy (non-hydrogen) atoms. The molecule has 126 valence electrons. The summed E-state index contributed by atoms with van der Waals surface area (Å²) in [5.74, 6) is 0.495. The van der Waals surface area contributed by atoms with Crippen molar-refractivity contribution in [3.8, 4) is 0 Å². The topological polar surface area (TPSA) is 86.2 Å². The summed E-state index contributed by atoms with van der Waals surface area (Å²) in [6.07, 6.45) is 1.72. The van der Waals surface area contributed by atoms with Gasteiger partial charge in [0.2, 0.25) is 5.89 Å². The van der Waals surface area contributed by atoms with Crippen LogP contribution in [0.3, 0.4) is 0 Å². The first-order chi connectivity index (χ1) is 10.6. The van der Waals surface area contributed by atoms with Crippen LogP contribution in [0, 0.1) is 0 Å². The Hall–Kier alpha value is -1.11. The summed E-state index contributed by atoms with van der Waals surface area (Å²) < 4.78 is 31.9. The van der Waals surface area contributed by atoms with Gasteiger partial charge in [-0.1, -0.05) is 32.4 Å². The number of hydrogen-bond donors (Lipinski definition) is 1. The number of nitrogens with two attached hydrogens (primary N) is 1. The zero-order valence-corrected chi connectivity index (χ0v) is 15.0. The van der Waals surface area contributed by atoms with E-state index in [0.29, 0.717) is 30.7 Å². The van der Waals surface area contributed by atoms with E-state index in [1.54, 1.807) is 12.1 Å². The summed E-state index contributed by atoms with van der Waals surface area (Å²) in [6.45, 7) is 5.89. The number of fused-ring (bicyclic) bond motifs is 1. The summed E-state index contributed by atoms with van der Waals surface area (Å²) >= 11 is 6.23. The molecule has 1 aromatic carbocycles. The van der Waals surface area contributed by atoms with Crippen LogP contribution in [0.2, 0.25) is 5.02 Å². The molecule has 1 fully saturated rings. The Balaban J connectivity index is 2.20. The third-order valence-corrected chi connectivity index (χ3v) is 6.96. The number of hydrogen-bond acceptors (Lipinski definition) is 5. The standard InChI is InChI=1S/C16H21ClN2O3S/c1-16(2,3)15-19-12-7-6-11(17)14(13(12)22-15)23(20,21)10-5-4-9(18)8-10/h6-7,9-10H,4-5,8,18H2,1-3H3. The first-order valence-corrected chi connectivity index (χ1v) is 9.62. The number of sulfone groups is 1. The number of rotatable bonds is 2. The lowest BCUT2D eigenvalue weighted by molar-refractivity contribution is 0.408. The van der Waals surface area contributed by atoms with E-state index in [0.717, 1.165) is 0 Å². The molecule has 3 rings (SSSR count). The molecule has 0 spiro atoms. The molecule has 0 saturated heterocycles. The van der Waals surface area contributed by atoms with Crippen molar-refractivity contribution in [2.24, 2.45) is 5.73 Å². The summed E-state index contributed by atoms with van der Waals surface area (Å²) in [4.78, 5) is 4.48. The van der Waals surface area contributed by atoms with Crippen molar-refractivity contribution in [2.75, 3.05) is 0 Å². The Labute approximate surface area is 141 Å². The normalized spacial score (nSPS) is 22.8. The Morgan fingerprint density at radius 2 is 2.00 bits per heavy atom. The molecule has 1 saturated carbocycles. The number of aromatic nitrogens is 1. The van der Waals surface area contributed by atoms with Gasteiger partial charge in [0.25, 0.3) is 0 Å². The summed E-state index contributed by atoms with van der Waals surface area (Å²) in [6, 6.07) is 3.18. The van der Waals surface area contributed by atoms with Crippen LogP contribution in [0.15, 0.2) is 21.4 Å². The summed E-state index contributed by atoms with van der Waals surface area (Å²) in [5.41, 5.74) is 6.33. The molecule has 1 heterocycles. The lowest BCUT2D eigenvalue weighted by Crippen LogP contribution is -2.22. The molecular formula is C16H21ClN2O3S. The van der Waals surface area contributed by atoms with Crippen LogP contribution in [-0.2, 0) is 15.3 Å². The Morgan fingerprint density at radius 1 is 1.30 bits per heavy atom. The van der Waals surface area contributed by atoms with E-state index in [-0.39, 0.29) is 27.0 Å². The van der Waals surface area contributed by atoms with Gasteiger partial charge in [-0.15, -0.1) is 0 Å². The SMILES string of the molecule is CC(C)(C)c1nc2ccc(Cl)c(S(=O)(=O)C3CCC(N)C3)c2o1. The van der Waals surface area contributed by atoms with Crippen LogP contribution in [0.5, 0.6) is 0 Å². The molecule has 5 nitrogen and oxygen atoms in total. The van der Waals surface area contributed by atoms with Gasteiger partial charge in [-0.25, -0.2) is 13.4 Å². The molecule has 7 heteroatoms. The molecule has 2 N–H and O–H groups in total. The van der Waals surface area contributed by atoms with Crippen molar-refractivity contribution in [3.05, 3.63) is 23.0 Å². The molecule has 0 bridgehead atoms. The number of benzene rings is 1. The van der Waals surface area contributed by atoms with E-state index in [2.05, 4.69) is 4.98 Å². The maximum absolute atomic E-state index is 13.0. The Bertz CT molecular complexity index is 852. The minimum absolute atomic E-state index is 0.0544. The lowest BCUT2D eigenvalue weighted by Gasteiger charge is -2.13. The van der Waals surface area contributed by atoms with Gasteiger partial charge >= 0.3 is 0 Å². The average Bonchev–Trinajstić information content (AvgIpc) is 3.03. The highest BCUT2D eigenvalue weighted by Crippen LogP contribution is 2.38. The minimum Gasteiger partial charge on any atom is -0.439 e. The van der Waals surface area contributed by atoms with Crippen molar-refractivity contribution in [3.63, 3.8) is 0 Å². The van der Waals surface area contributed by atoms with Gasteiger partial charge in [-0.3, -0.25) is 0 Å². The number of halogens is 1. The van der Waals surface area contributed by atoms with Crippen molar-refractivity contribution in [2.45, 2.75) is 61.6 Å². The van der Waals surface area contributed by atoms with E-state index in [1.807, 2.05) is 20.8 Å². The van der Waals surface area contributed by atoms with Crippen LogP contribution < -0.4 is 5.73 Å². The molecule has 1 aliphatic rings. The van der Waals surface area contributed by atoms with Crippen LogP contribution in [0.1, 0.15) is 45.9 Å². The van der Waals surface area contributed by atoms with Gasteiger partial charge in [-0.05, 0) is 31.4 Å². The predicted octanol–water partition coefficient (Wildman–Crippen LogP) is 3.43. The van der Waals surface area contributed by atoms with Gasteiger partial charge in [0.1, 0.15) is 10.4 Å². The maximum atomic E-state index is 13.0. The fourth-order valence-corrected chi connectivity index (χ4v) is 5.45. The Kier molecular flexibility index (Phi) is 3.98. The third kappa shape index (κ3) is 2.88. The monoisotopic (exact) mass is 356 g/mol. The van der Waals surface area contributed by atoms with Crippen LogP contribution >= 0.6 is 11.6 Å². The van der Waals surface area contributed by atoms with E-state index < -0.39 is 15.1 Å². The van der Waals surface area contributed by atoms with Gasteiger partial charge in [-0.2, -0.15) is 0 Å². The second kappa shape index (κ2) is 5.46. The second-order valence-corrected chi connectivity index (χ2v) is 9.81. The molecular weight excluding hydrogens is 336 g/mol. The second-order valence-electron chi connectivity index (χ2n) is 7.23. The highest BCUT2D eigenvalue weighted by atomic mass is 35.5. The number of nitrogens with zero attached hydrogens (tertiary/aromatic N) is 1. The third-order valence-electron chi connectivity index (χ3n) is 4.25. The van der Waals surface area contributed by atoms with Crippen LogP contribution in [-0.4, -0.2) is 24.7 Å². The molecule has 2 unspecified atom stereocenters. The molecule has 0 aliphatic heterocycles. The zero-order chi connectivity index (χ0) is 17.0. The highest BCUT2D eigenvalue weighted by Gasteiger charge is 2.37. The van der Waals surface area contributed by atoms with E-state index in [9.17, 15) is 8.42 Å². The highest BCUT2D eigenvalue weighted by molar-refractivity contribution is 7.92. The first kappa shape index (κ1) is 16.7. The smallest absolute Gasteiger partial charge is 0.200 e. The van der Waals surface area contributed by atoms with Crippen molar-refractivity contribution >= 4 is 32.5 Å². The average molecular weight is 357 g/mol. The van der Waals surface area contributed by atoms with Crippen LogP contribution in [0.4, 0.5) is 0 Å². The zero-order valence-electron chi connectivity index (χ0n) is 13.5. The first-order valence-electron chi connectivity index (χ1n) is 7.69. The molecule has 2 atom stereocenters. The molecule has 1 aliphatic carbocycles. The molecule has 0 radical (unpaired) electrons. The molecule has 2 aromatic rings. The van der Waals surface area contributed by atoms with Crippen molar-refractivity contribution < 1.29 is 12.8 Å². The van der Waals surface area contributed by atoms with Gasteiger partial charge < -0.3 is 10.2 Å².